The number of carbonyl (C=O) groups is 1. The van der Waals surface area contributed by atoms with Crippen molar-refractivity contribution in [2.24, 2.45) is 0 Å². The molecule has 2 aliphatic heterocycles. The second-order valence-corrected chi connectivity index (χ2v) is 8.21. The van der Waals surface area contributed by atoms with Gasteiger partial charge in [0.2, 0.25) is 0 Å². The first kappa shape index (κ1) is 22.3. The number of morpholine rings is 1. The fourth-order valence-electron chi connectivity index (χ4n) is 3.96. The molecule has 1 aromatic carbocycles. The maximum atomic E-state index is 8.36. The Morgan fingerprint density at radius 3 is 2.73 bits per heavy atom. The van der Waals surface area contributed by atoms with Gasteiger partial charge < -0.3 is 24.2 Å². The van der Waals surface area contributed by atoms with Crippen LogP contribution in [0.2, 0.25) is 0 Å². The van der Waals surface area contributed by atoms with Crippen LogP contribution in [-0.4, -0.2) is 75.1 Å². The van der Waals surface area contributed by atoms with Gasteiger partial charge in [0, 0.05) is 48.7 Å². The molecule has 0 spiro atoms. The zero-order valence-electron chi connectivity index (χ0n) is 17.5. The summed E-state index contributed by atoms with van der Waals surface area (Å²) in [4.78, 5) is 19.2. The molecule has 2 fully saturated rings. The van der Waals surface area contributed by atoms with Crippen molar-refractivity contribution in [3.63, 3.8) is 0 Å². The molecule has 0 radical (unpaired) electrons. The molecule has 2 aliphatic rings. The maximum Gasteiger partial charge on any atom is 0.290 e. The third kappa shape index (κ3) is 5.41. The van der Waals surface area contributed by atoms with E-state index >= 15 is 0 Å². The van der Waals surface area contributed by atoms with Crippen LogP contribution in [-0.2, 0) is 16.1 Å². The van der Waals surface area contributed by atoms with Gasteiger partial charge in [0.25, 0.3) is 6.47 Å². The number of thiazole rings is 1. The van der Waals surface area contributed by atoms with E-state index in [0.29, 0.717) is 5.92 Å². The van der Waals surface area contributed by atoms with E-state index in [-0.39, 0.29) is 6.47 Å². The highest BCUT2D eigenvalue weighted by Gasteiger charge is 2.28. The van der Waals surface area contributed by atoms with E-state index < -0.39 is 0 Å². The zero-order chi connectivity index (χ0) is 21.3. The lowest BCUT2D eigenvalue weighted by atomic mass is 9.97. The Morgan fingerprint density at radius 1 is 1.27 bits per heavy atom. The number of methoxy groups -OCH3 is 2. The molecule has 3 heterocycles. The summed E-state index contributed by atoms with van der Waals surface area (Å²) in [6.07, 6.45) is 3.17. The highest BCUT2D eigenvalue weighted by Crippen LogP contribution is 2.39. The Balaban J connectivity index is 0.000000806. The number of carboxylic acid groups (broad SMARTS) is 1. The van der Waals surface area contributed by atoms with E-state index in [1.165, 1.54) is 10.4 Å². The van der Waals surface area contributed by atoms with E-state index in [0.717, 1.165) is 69.0 Å². The van der Waals surface area contributed by atoms with Gasteiger partial charge in [-0.25, -0.2) is 4.98 Å². The second-order valence-electron chi connectivity index (χ2n) is 7.12. The van der Waals surface area contributed by atoms with Gasteiger partial charge in [0.15, 0.2) is 16.6 Å². The number of nitrogens with zero attached hydrogens (tertiary/aromatic N) is 3. The summed E-state index contributed by atoms with van der Waals surface area (Å²) in [6, 6.07) is 6.18. The van der Waals surface area contributed by atoms with Gasteiger partial charge in [-0.05, 0) is 19.0 Å². The fraction of sp³-hybridized carbons (Fsp3) is 0.524. The summed E-state index contributed by atoms with van der Waals surface area (Å²) in [6.45, 7) is 6.31. The van der Waals surface area contributed by atoms with Gasteiger partial charge in [-0.2, -0.15) is 0 Å². The number of ether oxygens (including phenoxy) is 3. The molecule has 164 valence electrons. The lowest BCUT2D eigenvalue weighted by Gasteiger charge is -2.26. The van der Waals surface area contributed by atoms with E-state index in [1.54, 1.807) is 14.2 Å². The van der Waals surface area contributed by atoms with Crippen molar-refractivity contribution in [1.29, 1.82) is 0 Å². The van der Waals surface area contributed by atoms with Crippen molar-refractivity contribution >= 4 is 22.9 Å². The lowest BCUT2D eigenvalue weighted by molar-refractivity contribution is -0.122. The average Bonchev–Trinajstić information content (AvgIpc) is 3.44. The highest BCUT2D eigenvalue weighted by atomic mass is 32.1. The number of benzene rings is 1. The first-order valence-corrected chi connectivity index (χ1v) is 10.8. The van der Waals surface area contributed by atoms with E-state index in [4.69, 9.17) is 24.1 Å². The molecule has 0 bridgehead atoms. The lowest BCUT2D eigenvalue weighted by Crippen LogP contribution is -2.36. The first-order valence-electron chi connectivity index (χ1n) is 9.98. The largest absolute Gasteiger partial charge is 0.493 e. The van der Waals surface area contributed by atoms with Crippen LogP contribution in [0, 0.1) is 0 Å². The molecule has 9 heteroatoms. The molecule has 1 unspecified atom stereocenters. The van der Waals surface area contributed by atoms with Crippen LogP contribution in [0.1, 0.15) is 22.8 Å². The Morgan fingerprint density at radius 2 is 2.03 bits per heavy atom. The van der Waals surface area contributed by atoms with Gasteiger partial charge in [0.1, 0.15) is 0 Å². The summed E-state index contributed by atoms with van der Waals surface area (Å²) in [7, 11) is 3.41. The minimum Gasteiger partial charge on any atom is -0.493 e. The first-order chi connectivity index (χ1) is 14.7. The SMILES string of the molecule is COc1cccc(C2CCN(Cc3cnc(N4CCOCC4)s3)C2)c1OC.O=CO. The minimum absolute atomic E-state index is 0.250. The topological polar surface area (TPSA) is 84.4 Å². The van der Waals surface area contributed by atoms with E-state index in [9.17, 15) is 0 Å². The number of anilines is 1. The number of rotatable bonds is 6. The van der Waals surface area contributed by atoms with Crippen molar-refractivity contribution in [3.8, 4) is 11.5 Å². The summed E-state index contributed by atoms with van der Waals surface area (Å²) < 4.78 is 16.5. The summed E-state index contributed by atoms with van der Waals surface area (Å²) in [5.41, 5.74) is 1.25. The van der Waals surface area contributed by atoms with Crippen molar-refractivity contribution in [2.45, 2.75) is 18.9 Å². The Kier molecular flexibility index (Phi) is 8.30. The highest BCUT2D eigenvalue weighted by molar-refractivity contribution is 7.15. The molecule has 0 aliphatic carbocycles. The molecular formula is C21H29N3O5S. The minimum atomic E-state index is -0.250. The number of hydrogen-bond acceptors (Lipinski definition) is 8. The van der Waals surface area contributed by atoms with Crippen molar-refractivity contribution in [3.05, 3.63) is 34.8 Å². The van der Waals surface area contributed by atoms with Crippen LogP contribution >= 0.6 is 11.3 Å². The number of para-hydroxylation sites is 1. The van der Waals surface area contributed by atoms with E-state index in [1.807, 2.05) is 23.6 Å². The van der Waals surface area contributed by atoms with Crippen LogP contribution in [0.25, 0.3) is 0 Å². The number of hydrogen-bond donors (Lipinski definition) is 1. The third-order valence-electron chi connectivity index (χ3n) is 5.35. The Labute approximate surface area is 181 Å². The van der Waals surface area contributed by atoms with Crippen LogP contribution < -0.4 is 14.4 Å². The van der Waals surface area contributed by atoms with Crippen LogP contribution in [0.5, 0.6) is 11.5 Å². The molecule has 30 heavy (non-hydrogen) atoms. The van der Waals surface area contributed by atoms with Crippen molar-refractivity contribution in [1.82, 2.24) is 9.88 Å². The maximum absolute atomic E-state index is 8.36. The van der Waals surface area contributed by atoms with Crippen LogP contribution in [0.3, 0.4) is 0 Å². The predicted molar refractivity (Wildman–Crippen MR) is 116 cm³/mol. The van der Waals surface area contributed by atoms with Crippen LogP contribution in [0.4, 0.5) is 5.13 Å². The van der Waals surface area contributed by atoms with Gasteiger partial charge in [-0.1, -0.05) is 12.1 Å². The Hall–Kier alpha value is -2.36. The molecule has 8 nitrogen and oxygen atoms in total. The average molecular weight is 436 g/mol. The normalized spacial score (nSPS) is 19.1. The molecule has 4 rings (SSSR count). The van der Waals surface area contributed by atoms with Gasteiger partial charge in [-0.15, -0.1) is 11.3 Å². The predicted octanol–water partition coefficient (Wildman–Crippen LogP) is 2.69. The molecule has 0 amide bonds. The monoisotopic (exact) mass is 435 g/mol. The standard InChI is InChI=1S/C20H27N3O3S.CH2O2/c1-24-18-5-3-4-17(19(18)25-2)15-6-7-22(13-15)14-16-12-21-20(27-16)23-8-10-26-11-9-23;2-1-3/h3-5,12,15H,6-11,13-14H2,1-2H3;1H,(H,2,3). The molecule has 0 saturated carbocycles. The molecule has 1 aromatic heterocycles. The Bertz CT molecular complexity index is 810. The van der Waals surface area contributed by atoms with Crippen molar-refractivity contribution in [2.75, 3.05) is 58.5 Å². The van der Waals surface area contributed by atoms with Crippen LogP contribution in [0.15, 0.2) is 24.4 Å². The molecule has 1 atom stereocenters. The molecular weight excluding hydrogens is 406 g/mol. The quantitative estimate of drug-likeness (QED) is 0.694. The number of likely N-dealkylation sites (tertiary alicyclic amines) is 1. The van der Waals surface area contributed by atoms with Gasteiger partial charge in [-0.3, -0.25) is 9.69 Å². The second kappa shape index (κ2) is 11.1. The summed E-state index contributed by atoms with van der Waals surface area (Å²) >= 11 is 1.81. The van der Waals surface area contributed by atoms with Crippen molar-refractivity contribution < 1.29 is 24.1 Å². The van der Waals surface area contributed by atoms with Gasteiger partial charge >= 0.3 is 0 Å². The molecule has 2 saturated heterocycles. The third-order valence-corrected chi connectivity index (χ3v) is 6.39. The van der Waals surface area contributed by atoms with Gasteiger partial charge in [0.05, 0.1) is 27.4 Å². The zero-order valence-corrected chi connectivity index (χ0v) is 18.3. The smallest absolute Gasteiger partial charge is 0.290 e. The summed E-state index contributed by atoms with van der Waals surface area (Å²) in [5.74, 6) is 2.16. The van der Waals surface area contributed by atoms with E-state index in [2.05, 4.69) is 26.9 Å². The molecule has 1 N–H and O–H groups in total. The summed E-state index contributed by atoms with van der Waals surface area (Å²) in [5, 5.41) is 8.01. The molecule has 2 aromatic rings. The number of aromatic nitrogens is 1. The fourth-order valence-corrected chi connectivity index (χ4v) is 4.96.